The molecule has 0 saturated carbocycles. The third kappa shape index (κ3) is 4.85. The standard InChI is InChI=1S/C18H19IN2O4/c1-4-25-16-9-12(8-14(19)17(16)22)10-20-21-18(23)13-6-5-11(2)7-15(13)24-3/h5-10,22H,4H2,1-3H3,(H,21,23)/b20-10-. The number of halogens is 1. The number of aromatic hydroxyl groups is 1. The quantitative estimate of drug-likeness (QED) is 0.398. The lowest BCUT2D eigenvalue weighted by molar-refractivity contribution is 0.0952. The SMILES string of the molecule is CCOc1cc(/C=N\NC(=O)c2ccc(C)cc2OC)cc(I)c1O. The van der Waals surface area contributed by atoms with Gasteiger partial charge in [0.1, 0.15) is 5.75 Å². The Morgan fingerprint density at radius 3 is 2.76 bits per heavy atom. The van der Waals surface area contributed by atoms with Crippen molar-refractivity contribution in [3.63, 3.8) is 0 Å². The number of amides is 1. The number of rotatable bonds is 6. The van der Waals surface area contributed by atoms with Crippen LogP contribution in [-0.4, -0.2) is 30.9 Å². The Morgan fingerprint density at radius 2 is 2.08 bits per heavy atom. The molecule has 0 spiro atoms. The molecule has 25 heavy (non-hydrogen) atoms. The summed E-state index contributed by atoms with van der Waals surface area (Å²) in [5.41, 5.74) is 4.57. The summed E-state index contributed by atoms with van der Waals surface area (Å²) in [5, 5.41) is 13.9. The summed E-state index contributed by atoms with van der Waals surface area (Å²) in [6.07, 6.45) is 1.49. The molecule has 2 rings (SSSR count). The van der Waals surface area contributed by atoms with Crippen molar-refractivity contribution in [3.8, 4) is 17.2 Å². The van der Waals surface area contributed by atoms with Gasteiger partial charge in [0, 0.05) is 0 Å². The van der Waals surface area contributed by atoms with E-state index >= 15 is 0 Å². The molecule has 0 fully saturated rings. The summed E-state index contributed by atoms with van der Waals surface area (Å²) in [4.78, 5) is 12.2. The van der Waals surface area contributed by atoms with Gasteiger partial charge in [-0.3, -0.25) is 4.79 Å². The topological polar surface area (TPSA) is 80.2 Å². The van der Waals surface area contributed by atoms with Gasteiger partial charge in [-0.05, 0) is 71.8 Å². The predicted octanol–water partition coefficient (Wildman–Crippen LogP) is 3.48. The number of carbonyl (C=O) groups is 1. The molecular weight excluding hydrogens is 435 g/mol. The lowest BCUT2D eigenvalue weighted by atomic mass is 10.1. The minimum Gasteiger partial charge on any atom is -0.504 e. The average molecular weight is 454 g/mol. The number of hydrogen-bond acceptors (Lipinski definition) is 5. The van der Waals surface area contributed by atoms with Crippen LogP contribution in [0.1, 0.15) is 28.4 Å². The Balaban J connectivity index is 2.14. The van der Waals surface area contributed by atoms with Gasteiger partial charge in [0.25, 0.3) is 5.91 Å². The fraction of sp³-hybridized carbons (Fsp3) is 0.222. The highest BCUT2D eigenvalue weighted by atomic mass is 127. The van der Waals surface area contributed by atoms with Crippen LogP contribution in [0.4, 0.5) is 0 Å². The van der Waals surface area contributed by atoms with Gasteiger partial charge in [-0.1, -0.05) is 6.07 Å². The van der Waals surface area contributed by atoms with Crippen molar-refractivity contribution in [2.75, 3.05) is 13.7 Å². The van der Waals surface area contributed by atoms with Gasteiger partial charge in [-0.25, -0.2) is 5.43 Å². The molecule has 0 bridgehead atoms. The maximum absolute atomic E-state index is 12.2. The number of nitrogens with zero attached hydrogens (tertiary/aromatic N) is 1. The van der Waals surface area contributed by atoms with Crippen molar-refractivity contribution >= 4 is 34.7 Å². The van der Waals surface area contributed by atoms with Crippen LogP contribution in [0, 0.1) is 10.5 Å². The normalized spacial score (nSPS) is 10.7. The molecule has 0 aliphatic rings. The number of phenolic OH excluding ortho intramolecular Hbond substituents is 1. The lowest BCUT2D eigenvalue weighted by Crippen LogP contribution is -2.18. The average Bonchev–Trinajstić information content (AvgIpc) is 2.59. The minimum atomic E-state index is -0.369. The summed E-state index contributed by atoms with van der Waals surface area (Å²) in [7, 11) is 1.52. The van der Waals surface area contributed by atoms with Crippen molar-refractivity contribution in [1.29, 1.82) is 0 Å². The molecule has 0 radical (unpaired) electrons. The van der Waals surface area contributed by atoms with Crippen molar-refractivity contribution in [1.82, 2.24) is 5.43 Å². The molecule has 6 nitrogen and oxygen atoms in total. The number of hydrazone groups is 1. The molecule has 0 saturated heterocycles. The minimum absolute atomic E-state index is 0.0908. The third-order valence-corrected chi connectivity index (χ3v) is 4.15. The van der Waals surface area contributed by atoms with Gasteiger partial charge >= 0.3 is 0 Å². The number of benzene rings is 2. The Morgan fingerprint density at radius 1 is 1.32 bits per heavy atom. The van der Waals surface area contributed by atoms with Gasteiger partial charge in [0.05, 0.1) is 29.1 Å². The Bertz CT molecular complexity index is 806. The third-order valence-electron chi connectivity index (χ3n) is 3.33. The van der Waals surface area contributed by atoms with E-state index in [4.69, 9.17) is 9.47 Å². The summed E-state index contributed by atoms with van der Waals surface area (Å²) in [6.45, 7) is 4.20. The molecular formula is C18H19IN2O4. The monoisotopic (exact) mass is 454 g/mol. The zero-order valence-corrected chi connectivity index (χ0v) is 16.3. The van der Waals surface area contributed by atoms with Crippen LogP contribution in [0.15, 0.2) is 35.4 Å². The molecule has 0 aliphatic heterocycles. The Hall–Kier alpha value is -2.29. The Kier molecular flexibility index (Phi) is 6.63. The number of methoxy groups -OCH3 is 1. The molecule has 1 amide bonds. The van der Waals surface area contributed by atoms with E-state index in [9.17, 15) is 9.90 Å². The first kappa shape index (κ1) is 19.0. The van der Waals surface area contributed by atoms with Gasteiger partial charge in [-0.15, -0.1) is 0 Å². The number of aryl methyl sites for hydroxylation is 1. The summed E-state index contributed by atoms with van der Waals surface area (Å²) in [6, 6.07) is 8.70. The zero-order valence-electron chi connectivity index (χ0n) is 14.2. The van der Waals surface area contributed by atoms with Crippen molar-refractivity contribution in [2.24, 2.45) is 5.10 Å². The number of ether oxygens (including phenoxy) is 2. The van der Waals surface area contributed by atoms with Crippen LogP contribution in [0.5, 0.6) is 17.2 Å². The summed E-state index contributed by atoms with van der Waals surface area (Å²) in [5.74, 6) is 0.590. The van der Waals surface area contributed by atoms with E-state index in [0.717, 1.165) is 5.56 Å². The first-order valence-electron chi connectivity index (χ1n) is 7.59. The van der Waals surface area contributed by atoms with Crippen molar-refractivity contribution < 1.29 is 19.4 Å². The number of nitrogens with one attached hydrogen (secondary N) is 1. The molecule has 0 aromatic heterocycles. The van der Waals surface area contributed by atoms with E-state index in [1.54, 1.807) is 24.3 Å². The van der Waals surface area contributed by atoms with E-state index in [2.05, 4.69) is 10.5 Å². The molecule has 132 valence electrons. The molecule has 2 aromatic rings. The second-order valence-electron chi connectivity index (χ2n) is 5.19. The van der Waals surface area contributed by atoms with Crippen LogP contribution in [-0.2, 0) is 0 Å². The molecule has 2 N–H and O–H groups in total. The molecule has 2 aromatic carbocycles. The van der Waals surface area contributed by atoms with Gasteiger partial charge in [0.2, 0.25) is 0 Å². The molecule has 0 atom stereocenters. The van der Waals surface area contributed by atoms with E-state index in [-0.39, 0.29) is 11.7 Å². The fourth-order valence-electron chi connectivity index (χ4n) is 2.15. The Labute approximate surface area is 160 Å². The first-order valence-corrected chi connectivity index (χ1v) is 8.67. The van der Waals surface area contributed by atoms with Crippen LogP contribution < -0.4 is 14.9 Å². The highest BCUT2D eigenvalue weighted by Crippen LogP contribution is 2.32. The van der Waals surface area contributed by atoms with Crippen LogP contribution in [0.2, 0.25) is 0 Å². The van der Waals surface area contributed by atoms with E-state index < -0.39 is 0 Å². The number of phenols is 1. The maximum atomic E-state index is 12.2. The lowest BCUT2D eigenvalue weighted by Gasteiger charge is -2.09. The number of hydrogen-bond donors (Lipinski definition) is 2. The van der Waals surface area contributed by atoms with E-state index in [1.165, 1.54) is 13.3 Å². The second-order valence-corrected chi connectivity index (χ2v) is 6.35. The van der Waals surface area contributed by atoms with Crippen LogP contribution >= 0.6 is 22.6 Å². The molecule has 0 aliphatic carbocycles. The highest BCUT2D eigenvalue weighted by molar-refractivity contribution is 14.1. The van der Waals surface area contributed by atoms with E-state index in [1.807, 2.05) is 42.5 Å². The van der Waals surface area contributed by atoms with Crippen LogP contribution in [0.25, 0.3) is 0 Å². The molecule has 0 unspecified atom stereocenters. The van der Waals surface area contributed by atoms with Crippen LogP contribution in [0.3, 0.4) is 0 Å². The molecule has 0 heterocycles. The maximum Gasteiger partial charge on any atom is 0.275 e. The summed E-state index contributed by atoms with van der Waals surface area (Å²) < 4.78 is 11.2. The fourth-order valence-corrected chi connectivity index (χ4v) is 2.77. The van der Waals surface area contributed by atoms with Gasteiger partial charge < -0.3 is 14.6 Å². The first-order chi connectivity index (χ1) is 12.0. The smallest absolute Gasteiger partial charge is 0.275 e. The van der Waals surface area contributed by atoms with Crippen molar-refractivity contribution in [2.45, 2.75) is 13.8 Å². The second kappa shape index (κ2) is 8.70. The van der Waals surface area contributed by atoms with Gasteiger partial charge in [-0.2, -0.15) is 5.10 Å². The van der Waals surface area contributed by atoms with Gasteiger partial charge in [0.15, 0.2) is 11.5 Å². The highest BCUT2D eigenvalue weighted by Gasteiger charge is 2.12. The summed E-state index contributed by atoms with van der Waals surface area (Å²) >= 11 is 2.01. The molecule has 7 heteroatoms. The largest absolute Gasteiger partial charge is 0.504 e. The van der Waals surface area contributed by atoms with Crippen molar-refractivity contribution in [3.05, 3.63) is 50.6 Å². The predicted molar refractivity (Wildman–Crippen MR) is 105 cm³/mol. The zero-order chi connectivity index (χ0) is 18.4. The number of carbonyl (C=O) groups excluding carboxylic acids is 1. The van der Waals surface area contributed by atoms with E-state index in [0.29, 0.717) is 32.8 Å².